The molecule has 0 saturated carbocycles. The van der Waals surface area contributed by atoms with Crippen LogP contribution in [0.15, 0.2) is 71.9 Å². The van der Waals surface area contributed by atoms with Gasteiger partial charge >= 0.3 is 6.09 Å². The summed E-state index contributed by atoms with van der Waals surface area (Å²) in [5.41, 5.74) is 3.53. The summed E-state index contributed by atoms with van der Waals surface area (Å²) in [6.07, 6.45) is 1.53. The molecule has 1 amide bonds. The smallest absolute Gasteiger partial charge is 0.423 e. The molecule has 0 fully saturated rings. The van der Waals surface area contributed by atoms with Crippen molar-refractivity contribution in [2.24, 2.45) is 0 Å². The quantitative estimate of drug-likeness (QED) is 0.500. The van der Waals surface area contributed by atoms with Crippen molar-refractivity contribution in [2.75, 3.05) is 6.54 Å². The minimum absolute atomic E-state index is 0.0609. The molecule has 0 saturated heterocycles. The Morgan fingerprint density at radius 1 is 1.14 bits per heavy atom. The number of sulfonamides is 1. The number of aromatic nitrogens is 2. The number of nitrogens with zero attached hydrogens (tertiary/aromatic N) is 3. The van der Waals surface area contributed by atoms with E-state index >= 15 is 0 Å². The third-order valence-electron chi connectivity index (χ3n) is 4.71. The highest BCUT2D eigenvalue weighted by Gasteiger charge is 2.38. The van der Waals surface area contributed by atoms with Crippen LogP contribution in [0.5, 0.6) is 0 Å². The first-order valence-corrected chi connectivity index (χ1v) is 10.2. The number of carbonyl (C=O) groups is 1. The Morgan fingerprint density at radius 3 is 2.59 bits per heavy atom. The highest BCUT2D eigenvalue weighted by molar-refractivity contribution is 7.89. The van der Waals surface area contributed by atoms with Crippen molar-refractivity contribution in [3.05, 3.63) is 78.1 Å². The number of carbonyl (C=O) groups excluding carboxylic acids is 1. The fraction of sp³-hybridized carbons (Fsp3) is 0.158. The van der Waals surface area contributed by atoms with Crippen molar-refractivity contribution < 1.29 is 23.2 Å². The largest absolute Gasteiger partial charge is 0.432 e. The second-order valence-electron chi connectivity index (χ2n) is 6.38. The molecular weight excluding hydrogens is 396 g/mol. The summed E-state index contributed by atoms with van der Waals surface area (Å²) in [4.78, 5) is 11.7. The fourth-order valence-electron chi connectivity index (χ4n) is 3.33. The van der Waals surface area contributed by atoms with Gasteiger partial charge in [0.25, 0.3) is 0 Å². The maximum absolute atomic E-state index is 13.3. The minimum Gasteiger partial charge on any atom is -0.423 e. The highest BCUT2D eigenvalue weighted by atomic mass is 32.2. The molecule has 0 spiro atoms. The number of fused-ring (bicyclic) bond motifs is 1. The normalized spacial score (nSPS) is 16.8. The number of amides is 1. The zero-order chi connectivity index (χ0) is 20.4. The monoisotopic (exact) mass is 414 g/mol. The van der Waals surface area contributed by atoms with Gasteiger partial charge in [-0.25, -0.2) is 23.4 Å². The van der Waals surface area contributed by atoms with Crippen LogP contribution in [0.25, 0.3) is 5.69 Å². The van der Waals surface area contributed by atoms with Crippen molar-refractivity contribution in [1.29, 1.82) is 0 Å². The van der Waals surface area contributed by atoms with E-state index in [-0.39, 0.29) is 11.4 Å². The lowest BCUT2D eigenvalue weighted by Gasteiger charge is -2.35. The van der Waals surface area contributed by atoms with E-state index in [0.717, 1.165) is 9.87 Å². The molecule has 1 atom stereocenters. The highest BCUT2D eigenvalue weighted by Crippen LogP contribution is 2.35. The molecule has 2 N–H and O–H groups in total. The Bertz CT molecular complexity index is 1110. The molecule has 0 radical (unpaired) electrons. The number of hydrogen-bond donors (Lipinski definition) is 2. The van der Waals surface area contributed by atoms with Crippen LogP contribution in [0.2, 0.25) is 0 Å². The Hall–Kier alpha value is -3.21. The van der Waals surface area contributed by atoms with Gasteiger partial charge in [0, 0.05) is 24.5 Å². The van der Waals surface area contributed by atoms with E-state index in [1.54, 1.807) is 47.4 Å². The van der Waals surface area contributed by atoms with Crippen LogP contribution >= 0.6 is 0 Å². The molecule has 0 aliphatic carbocycles. The molecule has 1 aliphatic heterocycles. The summed E-state index contributed by atoms with van der Waals surface area (Å²) in [6, 6.07) is 15.2. The van der Waals surface area contributed by atoms with Crippen LogP contribution in [0.3, 0.4) is 0 Å². The maximum Gasteiger partial charge on any atom is 0.432 e. The lowest BCUT2D eigenvalue weighted by atomic mass is 10.00. The average molecular weight is 414 g/mol. The summed E-state index contributed by atoms with van der Waals surface area (Å²) in [5.74, 6) is 0. The van der Waals surface area contributed by atoms with Crippen molar-refractivity contribution in [1.82, 2.24) is 19.6 Å². The fourth-order valence-corrected chi connectivity index (χ4v) is 4.82. The molecule has 2 heterocycles. The van der Waals surface area contributed by atoms with Gasteiger partial charge in [-0.1, -0.05) is 24.3 Å². The van der Waals surface area contributed by atoms with Crippen LogP contribution in [-0.2, 0) is 21.2 Å². The minimum atomic E-state index is -3.98. The number of hydrogen-bond acceptors (Lipinski definition) is 6. The summed E-state index contributed by atoms with van der Waals surface area (Å²) < 4.78 is 34.5. The van der Waals surface area contributed by atoms with E-state index in [4.69, 9.17) is 9.94 Å². The summed E-state index contributed by atoms with van der Waals surface area (Å²) in [6.45, 7) is 0.129. The van der Waals surface area contributed by atoms with Crippen LogP contribution < -0.4 is 5.48 Å². The van der Waals surface area contributed by atoms with Gasteiger partial charge in [-0.2, -0.15) is 9.40 Å². The molecule has 10 heteroatoms. The van der Waals surface area contributed by atoms with Gasteiger partial charge in [-0.05, 0) is 42.3 Å². The SMILES string of the molecule is O=C(NO)O[C@@H]1c2ccccc2CCN1S(=O)(=O)c1ccc(-n2cccn2)cc1. The maximum atomic E-state index is 13.3. The molecule has 3 aromatic rings. The predicted molar refractivity (Wildman–Crippen MR) is 102 cm³/mol. The predicted octanol–water partition coefficient (Wildman–Crippen LogP) is 2.23. The zero-order valence-electron chi connectivity index (χ0n) is 15.2. The third kappa shape index (κ3) is 3.60. The van der Waals surface area contributed by atoms with Gasteiger partial charge in [0.2, 0.25) is 10.0 Å². The first-order valence-electron chi connectivity index (χ1n) is 8.81. The van der Waals surface area contributed by atoms with Crippen LogP contribution in [0.4, 0.5) is 4.79 Å². The molecule has 1 aliphatic rings. The van der Waals surface area contributed by atoms with Gasteiger partial charge in [-0.3, -0.25) is 5.21 Å². The van der Waals surface area contributed by atoms with Gasteiger partial charge < -0.3 is 4.74 Å². The molecule has 0 bridgehead atoms. The van der Waals surface area contributed by atoms with Gasteiger partial charge in [-0.15, -0.1) is 0 Å². The molecule has 1 aromatic heterocycles. The summed E-state index contributed by atoms with van der Waals surface area (Å²) in [5, 5.41) is 13.0. The second kappa shape index (κ2) is 7.66. The number of hydroxylamine groups is 1. The van der Waals surface area contributed by atoms with E-state index < -0.39 is 22.3 Å². The Labute approximate surface area is 167 Å². The molecule has 9 nitrogen and oxygen atoms in total. The lowest BCUT2D eigenvalue weighted by molar-refractivity contribution is 0.00236. The van der Waals surface area contributed by atoms with E-state index in [1.165, 1.54) is 17.6 Å². The number of nitrogens with one attached hydrogen (secondary N) is 1. The molecule has 2 aromatic carbocycles. The lowest BCUT2D eigenvalue weighted by Crippen LogP contribution is -2.43. The van der Waals surface area contributed by atoms with Crippen LogP contribution in [0, 0.1) is 0 Å². The first kappa shape index (κ1) is 19.1. The zero-order valence-corrected chi connectivity index (χ0v) is 16.0. The van der Waals surface area contributed by atoms with Gasteiger partial charge in [0.15, 0.2) is 6.23 Å². The molecule has 4 rings (SSSR count). The van der Waals surface area contributed by atoms with Crippen molar-refractivity contribution in [3.8, 4) is 5.69 Å². The van der Waals surface area contributed by atoms with E-state index in [0.29, 0.717) is 17.7 Å². The van der Waals surface area contributed by atoms with E-state index in [1.807, 2.05) is 12.1 Å². The first-order chi connectivity index (χ1) is 14.0. The topological polar surface area (TPSA) is 114 Å². The Balaban J connectivity index is 1.70. The molecule has 29 heavy (non-hydrogen) atoms. The second-order valence-corrected chi connectivity index (χ2v) is 8.27. The number of ether oxygens (including phenoxy) is 1. The molecule has 150 valence electrons. The van der Waals surface area contributed by atoms with Gasteiger partial charge in [0.1, 0.15) is 0 Å². The summed E-state index contributed by atoms with van der Waals surface area (Å²) >= 11 is 0. The van der Waals surface area contributed by atoms with Crippen molar-refractivity contribution in [2.45, 2.75) is 17.5 Å². The van der Waals surface area contributed by atoms with Crippen molar-refractivity contribution in [3.63, 3.8) is 0 Å². The molecule has 0 unspecified atom stereocenters. The van der Waals surface area contributed by atoms with Crippen LogP contribution in [-0.4, -0.2) is 40.3 Å². The Kier molecular flexibility index (Phi) is 5.05. The molecular formula is C19H18N4O5S. The standard InChI is InChI=1S/C19H18N4O5S/c24-19(21-25)28-18-17-5-2-1-4-14(17)10-13-23(18)29(26,27)16-8-6-15(7-9-16)22-12-3-11-20-22/h1-9,11-12,18,25H,10,13H2,(H,21,24)/t18-/m1/s1. The summed E-state index contributed by atoms with van der Waals surface area (Å²) in [7, 11) is -3.98. The van der Waals surface area contributed by atoms with E-state index in [9.17, 15) is 13.2 Å². The van der Waals surface area contributed by atoms with E-state index in [2.05, 4.69) is 5.10 Å². The number of benzene rings is 2. The van der Waals surface area contributed by atoms with Crippen molar-refractivity contribution >= 4 is 16.1 Å². The van der Waals surface area contributed by atoms with Gasteiger partial charge in [0.05, 0.1) is 10.6 Å². The Morgan fingerprint density at radius 2 is 1.90 bits per heavy atom. The van der Waals surface area contributed by atoms with Crippen LogP contribution in [0.1, 0.15) is 17.4 Å². The third-order valence-corrected chi connectivity index (χ3v) is 6.57. The number of rotatable bonds is 4. The average Bonchev–Trinajstić information content (AvgIpc) is 3.28.